The summed E-state index contributed by atoms with van der Waals surface area (Å²) >= 11 is 13.1. The van der Waals surface area contributed by atoms with Gasteiger partial charge in [0.25, 0.3) is 0 Å². The van der Waals surface area contributed by atoms with E-state index >= 15 is 0 Å². The summed E-state index contributed by atoms with van der Waals surface area (Å²) in [6, 6.07) is 3.23. The Bertz CT molecular complexity index is 528. The molecule has 0 aliphatic carbocycles. The Morgan fingerprint density at radius 3 is 2.53 bits per heavy atom. The summed E-state index contributed by atoms with van der Waals surface area (Å²) in [7, 11) is 0. The fourth-order valence-corrected chi connectivity index (χ4v) is 3.36. The summed E-state index contributed by atoms with van der Waals surface area (Å²) in [6.45, 7) is 1.97. The third-order valence-electron chi connectivity index (χ3n) is 2.80. The molecule has 0 radical (unpaired) electrons. The highest BCUT2D eigenvalue weighted by molar-refractivity contribution is 8.14. The molecule has 7 heteroatoms. The van der Waals surface area contributed by atoms with Gasteiger partial charge in [0.2, 0.25) is 5.91 Å². The van der Waals surface area contributed by atoms with Crippen LogP contribution in [-0.4, -0.2) is 22.8 Å². The molecule has 1 heterocycles. The number of anilines is 2. The Kier molecular flexibility index (Phi) is 4.28. The number of hydrogen-bond donors (Lipinski definition) is 1. The van der Waals surface area contributed by atoms with Crippen molar-refractivity contribution in [1.82, 2.24) is 0 Å². The molecule has 1 aromatic carbocycles. The first-order chi connectivity index (χ1) is 8.88. The van der Waals surface area contributed by atoms with Crippen LogP contribution >= 0.6 is 35.0 Å². The zero-order chi connectivity index (χ0) is 14.2. The van der Waals surface area contributed by atoms with Crippen molar-refractivity contribution in [2.24, 2.45) is 0 Å². The van der Waals surface area contributed by atoms with Crippen molar-refractivity contribution in [2.45, 2.75) is 18.6 Å². The van der Waals surface area contributed by atoms with Crippen LogP contribution in [0.25, 0.3) is 0 Å². The number of amides is 1. The van der Waals surface area contributed by atoms with Gasteiger partial charge in [-0.25, -0.2) is 0 Å². The quantitative estimate of drug-likeness (QED) is 0.851. The molecule has 0 bridgehead atoms. The molecule has 2 rings (SSSR count). The van der Waals surface area contributed by atoms with E-state index < -0.39 is 0 Å². The Morgan fingerprint density at radius 1 is 1.42 bits per heavy atom. The fourth-order valence-electron chi connectivity index (χ4n) is 1.96. The molecule has 1 unspecified atom stereocenters. The molecule has 0 saturated carbocycles. The van der Waals surface area contributed by atoms with Gasteiger partial charge in [-0.2, -0.15) is 0 Å². The first kappa shape index (κ1) is 14.5. The maximum atomic E-state index is 12.0. The summed E-state index contributed by atoms with van der Waals surface area (Å²) in [5.41, 5.74) is 6.57. The second-order valence-electron chi connectivity index (χ2n) is 4.26. The lowest BCUT2D eigenvalue weighted by molar-refractivity contribution is -0.117. The van der Waals surface area contributed by atoms with Crippen molar-refractivity contribution in [3.8, 4) is 0 Å². The molecule has 1 fully saturated rings. The molecule has 1 aromatic rings. The van der Waals surface area contributed by atoms with E-state index in [2.05, 4.69) is 0 Å². The van der Waals surface area contributed by atoms with Crippen molar-refractivity contribution in [3.05, 3.63) is 22.2 Å². The molecule has 0 aromatic heterocycles. The summed E-state index contributed by atoms with van der Waals surface area (Å²) in [6.07, 6.45) is 0.337. The minimum atomic E-state index is -0.0457. The number of benzene rings is 1. The number of nitrogens with two attached hydrogens (primary N) is 1. The molecule has 4 nitrogen and oxygen atoms in total. The number of nitrogen functional groups attached to an aromatic ring is 1. The number of hydrogen-bond acceptors (Lipinski definition) is 4. The van der Waals surface area contributed by atoms with Gasteiger partial charge in [-0.1, -0.05) is 35.0 Å². The van der Waals surface area contributed by atoms with Gasteiger partial charge in [0.05, 0.1) is 15.7 Å². The van der Waals surface area contributed by atoms with E-state index in [1.165, 1.54) is 18.7 Å². The SMILES string of the molecule is CC(=O)SC1CC(=O)N(c2cc(Cl)c(N)c(Cl)c2)C1. The number of rotatable bonds is 2. The van der Waals surface area contributed by atoms with Crippen LogP contribution in [0.15, 0.2) is 12.1 Å². The standard InChI is InChI=1S/C12H12Cl2N2O2S/c1-6(17)19-8-4-11(18)16(5-8)7-2-9(13)12(15)10(14)3-7/h2-3,8H,4-5,15H2,1H3. The van der Waals surface area contributed by atoms with E-state index in [1.54, 1.807) is 17.0 Å². The van der Waals surface area contributed by atoms with E-state index in [-0.39, 0.29) is 16.3 Å². The van der Waals surface area contributed by atoms with Crippen molar-refractivity contribution in [2.75, 3.05) is 17.2 Å². The first-order valence-corrected chi connectivity index (χ1v) is 7.24. The van der Waals surface area contributed by atoms with Gasteiger partial charge >= 0.3 is 0 Å². The second-order valence-corrected chi connectivity index (χ2v) is 6.55. The maximum Gasteiger partial charge on any atom is 0.228 e. The van der Waals surface area contributed by atoms with Gasteiger partial charge in [-0.05, 0) is 12.1 Å². The molecule has 0 spiro atoms. The van der Waals surface area contributed by atoms with Crippen molar-refractivity contribution in [3.63, 3.8) is 0 Å². The van der Waals surface area contributed by atoms with Gasteiger partial charge in [0, 0.05) is 30.8 Å². The van der Waals surface area contributed by atoms with E-state index in [4.69, 9.17) is 28.9 Å². The number of carbonyl (C=O) groups is 2. The molecule has 19 heavy (non-hydrogen) atoms. The zero-order valence-electron chi connectivity index (χ0n) is 10.2. The highest BCUT2D eigenvalue weighted by Crippen LogP contribution is 2.35. The Balaban J connectivity index is 2.23. The largest absolute Gasteiger partial charge is 0.396 e. The molecule has 2 N–H and O–H groups in total. The highest BCUT2D eigenvalue weighted by atomic mass is 35.5. The van der Waals surface area contributed by atoms with Gasteiger partial charge < -0.3 is 10.6 Å². The average Bonchev–Trinajstić information content (AvgIpc) is 2.65. The Morgan fingerprint density at radius 2 is 2.00 bits per heavy atom. The van der Waals surface area contributed by atoms with Crippen LogP contribution in [0, 0.1) is 0 Å². The van der Waals surface area contributed by atoms with Crippen molar-refractivity contribution < 1.29 is 9.59 Å². The molecular weight excluding hydrogens is 307 g/mol. The van der Waals surface area contributed by atoms with Crippen molar-refractivity contribution in [1.29, 1.82) is 0 Å². The first-order valence-electron chi connectivity index (χ1n) is 5.60. The topological polar surface area (TPSA) is 63.4 Å². The highest BCUT2D eigenvalue weighted by Gasteiger charge is 2.32. The summed E-state index contributed by atoms with van der Waals surface area (Å²) < 4.78 is 0. The number of nitrogens with zero attached hydrogens (tertiary/aromatic N) is 1. The van der Waals surface area contributed by atoms with E-state index in [1.807, 2.05) is 0 Å². The fraction of sp³-hybridized carbons (Fsp3) is 0.333. The molecule has 102 valence electrons. The molecular formula is C12H12Cl2N2O2S. The number of halogens is 2. The third-order valence-corrected chi connectivity index (χ3v) is 4.40. The summed E-state index contributed by atoms with van der Waals surface area (Å²) in [5, 5.41) is 0.615. The molecule has 1 aliphatic heterocycles. The van der Waals surface area contributed by atoms with Crippen LogP contribution in [0.3, 0.4) is 0 Å². The van der Waals surface area contributed by atoms with Crippen LogP contribution < -0.4 is 10.6 Å². The minimum Gasteiger partial charge on any atom is -0.396 e. The van der Waals surface area contributed by atoms with Crippen LogP contribution in [0.2, 0.25) is 10.0 Å². The van der Waals surface area contributed by atoms with Crippen LogP contribution in [0.4, 0.5) is 11.4 Å². The number of thioether (sulfide) groups is 1. The van der Waals surface area contributed by atoms with Crippen LogP contribution in [-0.2, 0) is 9.59 Å². The number of carbonyl (C=O) groups excluding carboxylic acids is 2. The Hall–Kier alpha value is -0.910. The van der Waals surface area contributed by atoms with Gasteiger partial charge in [-0.15, -0.1) is 0 Å². The predicted octanol–water partition coefficient (Wildman–Crippen LogP) is 2.96. The van der Waals surface area contributed by atoms with Gasteiger partial charge in [0.1, 0.15) is 0 Å². The summed E-state index contributed by atoms with van der Waals surface area (Å²) in [4.78, 5) is 24.6. The minimum absolute atomic E-state index is 0.00743. The lowest BCUT2D eigenvalue weighted by atomic mass is 10.2. The lowest BCUT2D eigenvalue weighted by Gasteiger charge is -2.18. The van der Waals surface area contributed by atoms with Crippen LogP contribution in [0.1, 0.15) is 13.3 Å². The molecule has 1 saturated heterocycles. The monoisotopic (exact) mass is 318 g/mol. The molecule has 1 amide bonds. The van der Waals surface area contributed by atoms with Crippen molar-refractivity contribution >= 4 is 57.4 Å². The molecule has 1 atom stereocenters. The lowest BCUT2D eigenvalue weighted by Crippen LogP contribution is -2.25. The molecule has 1 aliphatic rings. The zero-order valence-corrected chi connectivity index (χ0v) is 12.5. The third kappa shape index (κ3) is 3.16. The maximum absolute atomic E-state index is 12.0. The van der Waals surface area contributed by atoms with Gasteiger partial charge in [0.15, 0.2) is 5.12 Å². The second kappa shape index (κ2) is 5.61. The summed E-state index contributed by atoms with van der Waals surface area (Å²) in [5.74, 6) is -0.0457. The Labute approximate surface area is 125 Å². The van der Waals surface area contributed by atoms with Crippen LogP contribution in [0.5, 0.6) is 0 Å². The predicted molar refractivity (Wildman–Crippen MR) is 79.9 cm³/mol. The van der Waals surface area contributed by atoms with E-state index in [9.17, 15) is 9.59 Å². The van der Waals surface area contributed by atoms with E-state index in [0.717, 1.165) is 0 Å². The smallest absolute Gasteiger partial charge is 0.228 e. The normalized spacial score (nSPS) is 19.0. The van der Waals surface area contributed by atoms with E-state index in [0.29, 0.717) is 34.4 Å². The average molecular weight is 319 g/mol. The van der Waals surface area contributed by atoms with Gasteiger partial charge in [-0.3, -0.25) is 9.59 Å².